The number of aliphatic carboxylic acids is 1. The number of hydrogen-bond acceptors (Lipinski definition) is 7. The molecule has 0 saturated carbocycles. The van der Waals surface area contributed by atoms with Crippen molar-refractivity contribution >= 4 is 29.0 Å². The quantitative estimate of drug-likeness (QED) is 0.556. The number of hydrogen-bond donors (Lipinski definition) is 2. The molecule has 9 nitrogen and oxygen atoms in total. The van der Waals surface area contributed by atoms with Gasteiger partial charge >= 0.3 is 5.97 Å². The molecule has 2 saturated heterocycles. The molecular formula is C24H26ClF2N5O4. The lowest BCUT2D eigenvalue weighted by atomic mass is 9.99. The van der Waals surface area contributed by atoms with Crippen LogP contribution in [-0.4, -0.2) is 46.3 Å². The maximum atomic E-state index is 13.3. The molecule has 2 fully saturated rings. The number of carboxylic acids is 1. The highest BCUT2D eigenvalue weighted by atomic mass is 35.5. The fourth-order valence-electron chi connectivity index (χ4n) is 4.35. The number of rotatable bonds is 6. The van der Waals surface area contributed by atoms with Gasteiger partial charge < -0.3 is 20.5 Å². The van der Waals surface area contributed by atoms with E-state index in [9.17, 15) is 23.5 Å². The average molecular weight is 522 g/mol. The second-order valence-corrected chi connectivity index (χ2v) is 8.92. The SMILES string of the molecule is NC(C(=O)O)=C1CN(c2cnn(C3CCCCO3)c(=O)c2Cl)CCC1=NCc1ccccc1C(F)F. The van der Waals surface area contributed by atoms with E-state index in [0.717, 1.165) is 12.8 Å². The zero-order chi connectivity index (χ0) is 25.8. The minimum absolute atomic E-state index is 0.0121. The van der Waals surface area contributed by atoms with Crippen molar-refractivity contribution in [2.24, 2.45) is 10.7 Å². The van der Waals surface area contributed by atoms with Crippen LogP contribution in [0.4, 0.5) is 14.5 Å². The molecule has 1 atom stereocenters. The standard InChI is InChI=1S/C24H26ClF2N5O4/c25-20-18(12-30-32(23(20)33)19-7-3-4-10-36-19)31-9-8-17(16(13-31)21(28)24(34)35)29-11-14-5-1-2-6-15(14)22(26)27/h1-2,5-6,12,19,22H,3-4,7-11,13,28H2,(H,34,35). The molecule has 2 aromatic rings. The average Bonchev–Trinajstić information content (AvgIpc) is 2.89. The Morgan fingerprint density at radius 3 is 2.81 bits per heavy atom. The number of carbonyl (C=O) groups is 1. The lowest BCUT2D eigenvalue weighted by Crippen LogP contribution is -2.40. The van der Waals surface area contributed by atoms with Gasteiger partial charge in [0.2, 0.25) is 0 Å². The fraction of sp³-hybridized carbons (Fsp3) is 0.417. The van der Waals surface area contributed by atoms with Crippen LogP contribution in [0.1, 0.15) is 49.5 Å². The van der Waals surface area contributed by atoms with Gasteiger partial charge in [-0.15, -0.1) is 0 Å². The molecule has 0 radical (unpaired) electrons. The molecule has 1 aromatic heterocycles. The summed E-state index contributed by atoms with van der Waals surface area (Å²) in [5, 5.41) is 13.7. The number of nitrogens with zero attached hydrogens (tertiary/aromatic N) is 4. The number of benzene rings is 1. The number of anilines is 1. The van der Waals surface area contributed by atoms with Crippen LogP contribution >= 0.6 is 11.6 Å². The van der Waals surface area contributed by atoms with Crippen molar-refractivity contribution in [2.75, 3.05) is 24.6 Å². The normalized spacial score (nSPS) is 21.2. The summed E-state index contributed by atoms with van der Waals surface area (Å²) in [4.78, 5) is 30.8. The Kier molecular flexibility index (Phi) is 8.00. The Bertz CT molecular complexity index is 1260. The van der Waals surface area contributed by atoms with Crippen molar-refractivity contribution in [1.29, 1.82) is 0 Å². The van der Waals surface area contributed by atoms with Crippen molar-refractivity contribution in [3.8, 4) is 0 Å². The molecule has 2 aliphatic heterocycles. The predicted molar refractivity (Wildman–Crippen MR) is 131 cm³/mol. The van der Waals surface area contributed by atoms with Crippen LogP contribution in [0, 0.1) is 0 Å². The number of alkyl halides is 2. The van der Waals surface area contributed by atoms with Gasteiger partial charge in [-0.25, -0.2) is 13.6 Å². The topological polar surface area (TPSA) is 123 Å². The highest BCUT2D eigenvalue weighted by Crippen LogP contribution is 2.29. The molecule has 0 spiro atoms. The first-order chi connectivity index (χ1) is 17.3. The first kappa shape index (κ1) is 25.8. The van der Waals surface area contributed by atoms with Crippen LogP contribution in [-0.2, 0) is 16.1 Å². The molecule has 36 heavy (non-hydrogen) atoms. The second-order valence-electron chi connectivity index (χ2n) is 8.55. The third kappa shape index (κ3) is 5.41. The molecule has 192 valence electrons. The predicted octanol–water partition coefficient (Wildman–Crippen LogP) is 3.68. The van der Waals surface area contributed by atoms with Gasteiger partial charge in [-0.1, -0.05) is 35.9 Å². The summed E-state index contributed by atoms with van der Waals surface area (Å²) >= 11 is 6.43. The minimum Gasteiger partial charge on any atom is -0.477 e. The van der Waals surface area contributed by atoms with Crippen molar-refractivity contribution in [2.45, 2.75) is 44.9 Å². The first-order valence-corrected chi connectivity index (χ1v) is 11.9. The van der Waals surface area contributed by atoms with Crippen molar-refractivity contribution in [3.05, 3.63) is 68.2 Å². The van der Waals surface area contributed by atoms with Crippen molar-refractivity contribution in [1.82, 2.24) is 9.78 Å². The molecule has 0 amide bonds. The Hall–Kier alpha value is -3.31. The van der Waals surface area contributed by atoms with Crippen LogP contribution < -0.4 is 16.2 Å². The fourth-order valence-corrected chi connectivity index (χ4v) is 4.61. The molecule has 12 heteroatoms. The first-order valence-electron chi connectivity index (χ1n) is 11.5. The van der Waals surface area contributed by atoms with Crippen LogP contribution in [0.5, 0.6) is 0 Å². The van der Waals surface area contributed by atoms with Gasteiger partial charge in [-0.3, -0.25) is 9.79 Å². The third-order valence-corrected chi connectivity index (χ3v) is 6.65. The van der Waals surface area contributed by atoms with Gasteiger partial charge in [0, 0.05) is 43.0 Å². The molecular weight excluding hydrogens is 496 g/mol. The van der Waals surface area contributed by atoms with Crippen molar-refractivity contribution in [3.63, 3.8) is 0 Å². The van der Waals surface area contributed by atoms with E-state index in [-0.39, 0.29) is 35.7 Å². The highest BCUT2D eigenvalue weighted by molar-refractivity contribution is 6.33. The zero-order valence-corrected chi connectivity index (χ0v) is 20.1. The summed E-state index contributed by atoms with van der Waals surface area (Å²) in [6.07, 6.45) is 1.08. The monoisotopic (exact) mass is 521 g/mol. The van der Waals surface area contributed by atoms with Gasteiger partial charge in [0.15, 0.2) is 6.23 Å². The summed E-state index contributed by atoms with van der Waals surface area (Å²) in [6.45, 7) is 0.845. The lowest BCUT2D eigenvalue weighted by Gasteiger charge is -2.33. The number of ether oxygens (including phenoxy) is 1. The maximum absolute atomic E-state index is 13.3. The van der Waals surface area contributed by atoms with E-state index in [4.69, 9.17) is 22.1 Å². The molecule has 0 aliphatic carbocycles. The molecule has 3 heterocycles. The number of halogens is 3. The van der Waals surface area contributed by atoms with E-state index < -0.39 is 29.9 Å². The van der Waals surface area contributed by atoms with Gasteiger partial charge in [0.1, 0.15) is 10.7 Å². The molecule has 1 aromatic carbocycles. The summed E-state index contributed by atoms with van der Waals surface area (Å²) in [5.74, 6) is -1.33. The molecule has 4 rings (SSSR count). The number of carboxylic acid groups (broad SMARTS) is 1. The highest BCUT2D eigenvalue weighted by Gasteiger charge is 2.28. The van der Waals surface area contributed by atoms with E-state index in [1.165, 1.54) is 23.0 Å². The third-order valence-electron chi connectivity index (χ3n) is 6.30. The number of piperidine rings is 1. The molecule has 1 unspecified atom stereocenters. The minimum atomic E-state index is -2.65. The molecule has 3 N–H and O–H groups in total. The molecule has 0 bridgehead atoms. The van der Waals surface area contributed by atoms with E-state index in [1.54, 1.807) is 17.0 Å². The number of nitrogens with two attached hydrogens (primary N) is 1. The second kappa shape index (κ2) is 11.2. The summed E-state index contributed by atoms with van der Waals surface area (Å²) < 4.78 is 33.6. The summed E-state index contributed by atoms with van der Waals surface area (Å²) in [5.41, 5.74) is 6.17. The van der Waals surface area contributed by atoms with Crippen LogP contribution in [0.3, 0.4) is 0 Å². The van der Waals surface area contributed by atoms with Crippen LogP contribution in [0.15, 0.2) is 51.5 Å². The van der Waals surface area contributed by atoms with E-state index in [2.05, 4.69) is 10.1 Å². The Balaban J connectivity index is 1.61. The maximum Gasteiger partial charge on any atom is 0.352 e. The van der Waals surface area contributed by atoms with Crippen LogP contribution in [0.25, 0.3) is 0 Å². The lowest BCUT2D eigenvalue weighted by molar-refractivity contribution is -0.132. The summed E-state index contributed by atoms with van der Waals surface area (Å²) in [7, 11) is 0. The largest absolute Gasteiger partial charge is 0.477 e. The van der Waals surface area contributed by atoms with E-state index >= 15 is 0 Å². The van der Waals surface area contributed by atoms with Crippen molar-refractivity contribution < 1.29 is 23.4 Å². The smallest absolute Gasteiger partial charge is 0.352 e. The Morgan fingerprint density at radius 2 is 2.11 bits per heavy atom. The van der Waals surface area contributed by atoms with Gasteiger partial charge in [-0.2, -0.15) is 9.78 Å². The van der Waals surface area contributed by atoms with E-state index in [0.29, 0.717) is 36.5 Å². The van der Waals surface area contributed by atoms with Gasteiger partial charge in [0.25, 0.3) is 12.0 Å². The van der Waals surface area contributed by atoms with Gasteiger partial charge in [0.05, 0.1) is 18.4 Å². The molecule has 2 aliphatic rings. The number of aromatic nitrogens is 2. The number of aliphatic imine (C=N–C) groups is 1. The Morgan fingerprint density at radius 1 is 1.33 bits per heavy atom. The summed E-state index contributed by atoms with van der Waals surface area (Å²) in [6, 6.07) is 6.06. The van der Waals surface area contributed by atoms with E-state index in [1.807, 2.05) is 0 Å². The Labute approximate surface area is 210 Å². The van der Waals surface area contributed by atoms with Gasteiger partial charge in [-0.05, 0) is 24.8 Å². The zero-order valence-electron chi connectivity index (χ0n) is 19.4. The van der Waals surface area contributed by atoms with Crippen LogP contribution in [0.2, 0.25) is 5.02 Å².